The van der Waals surface area contributed by atoms with Gasteiger partial charge < -0.3 is 9.72 Å². The van der Waals surface area contributed by atoms with Crippen molar-refractivity contribution in [2.24, 2.45) is 0 Å². The molecule has 0 aliphatic carbocycles. The zero-order valence-electron chi connectivity index (χ0n) is 10.5. The smallest absolute Gasteiger partial charge is 0.130 e. The van der Waals surface area contributed by atoms with E-state index in [1.165, 1.54) is 0 Å². The molecule has 0 radical (unpaired) electrons. The fourth-order valence-electron chi connectivity index (χ4n) is 1.96. The van der Waals surface area contributed by atoms with Crippen LogP contribution in [-0.4, -0.2) is 22.9 Å². The summed E-state index contributed by atoms with van der Waals surface area (Å²) in [6.45, 7) is 1.60. The van der Waals surface area contributed by atoms with Crippen molar-refractivity contribution >= 4 is 5.78 Å². The van der Waals surface area contributed by atoms with E-state index in [0.717, 1.165) is 17.1 Å². The van der Waals surface area contributed by atoms with Crippen molar-refractivity contribution in [3.8, 4) is 5.75 Å². The second-order valence-electron chi connectivity index (χ2n) is 4.21. The van der Waals surface area contributed by atoms with E-state index in [1.807, 2.05) is 24.3 Å². The number of ketones is 1. The Kier molecular flexibility index (Phi) is 3.77. The van der Waals surface area contributed by atoms with Gasteiger partial charge in [0.15, 0.2) is 0 Å². The highest BCUT2D eigenvalue weighted by Crippen LogP contribution is 2.27. The molecule has 18 heavy (non-hydrogen) atoms. The van der Waals surface area contributed by atoms with Gasteiger partial charge in [0.2, 0.25) is 0 Å². The molecule has 0 fully saturated rings. The number of aromatic nitrogens is 2. The topological polar surface area (TPSA) is 55.0 Å². The third-order valence-corrected chi connectivity index (χ3v) is 2.86. The first-order valence-electron chi connectivity index (χ1n) is 5.83. The number of benzene rings is 1. The van der Waals surface area contributed by atoms with Gasteiger partial charge in [-0.2, -0.15) is 0 Å². The summed E-state index contributed by atoms with van der Waals surface area (Å²) in [5.41, 5.74) is 1.06. The third-order valence-electron chi connectivity index (χ3n) is 2.86. The van der Waals surface area contributed by atoms with Gasteiger partial charge in [0, 0.05) is 24.7 Å². The minimum absolute atomic E-state index is 0.0246. The number of imidazole rings is 1. The van der Waals surface area contributed by atoms with Crippen LogP contribution >= 0.6 is 0 Å². The van der Waals surface area contributed by atoms with E-state index in [9.17, 15) is 4.79 Å². The minimum Gasteiger partial charge on any atom is -0.497 e. The first-order valence-corrected chi connectivity index (χ1v) is 5.83. The molecule has 1 unspecified atom stereocenters. The van der Waals surface area contributed by atoms with Gasteiger partial charge in [-0.1, -0.05) is 12.1 Å². The third kappa shape index (κ3) is 2.77. The van der Waals surface area contributed by atoms with Gasteiger partial charge in [-0.25, -0.2) is 4.98 Å². The molecule has 0 amide bonds. The number of H-pyrrole nitrogens is 1. The fraction of sp³-hybridized carbons (Fsp3) is 0.286. The van der Waals surface area contributed by atoms with E-state index in [0.29, 0.717) is 6.42 Å². The van der Waals surface area contributed by atoms with Gasteiger partial charge in [0.05, 0.1) is 7.11 Å². The standard InChI is InChI=1S/C14H16N2O2/c1-10(17)9-13(14-15-7-8-16-14)11-3-5-12(18-2)6-4-11/h3-8,13H,9H2,1-2H3,(H,15,16). The Morgan fingerprint density at radius 3 is 2.61 bits per heavy atom. The number of carbonyl (C=O) groups excluding carboxylic acids is 1. The van der Waals surface area contributed by atoms with Crippen LogP contribution in [0, 0.1) is 0 Å². The summed E-state index contributed by atoms with van der Waals surface area (Å²) in [4.78, 5) is 18.7. The molecule has 0 saturated carbocycles. The molecular formula is C14H16N2O2. The summed E-state index contributed by atoms with van der Waals surface area (Å²) in [5, 5.41) is 0. The monoisotopic (exact) mass is 244 g/mol. The Morgan fingerprint density at radius 2 is 2.11 bits per heavy atom. The average Bonchev–Trinajstić information content (AvgIpc) is 2.89. The second kappa shape index (κ2) is 5.49. The molecule has 0 saturated heterocycles. The number of methoxy groups -OCH3 is 1. The fourth-order valence-corrected chi connectivity index (χ4v) is 1.96. The van der Waals surface area contributed by atoms with Crippen LogP contribution in [0.15, 0.2) is 36.7 Å². The number of nitrogens with one attached hydrogen (secondary N) is 1. The van der Waals surface area contributed by atoms with Crippen molar-refractivity contribution in [1.82, 2.24) is 9.97 Å². The predicted octanol–water partition coefficient (Wildman–Crippen LogP) is 2.53. The van der Waals surface area contributed by atoms with Crippen LogP contribution < -0.4 is 4.74 Å². The van der Waals surface area contributed by atoms with Crippen LogP contribution in [0.2, 0.25) is 0 Å². The lowest BCUT2D eigenvalue weighted by molar-refractivity contribution is -0.117. The van der Waals surface area contributed by atoms with Gasteiger partial charge in [-0.05, 0) is 24.6 Å². The summed E-state index contributed by atoms with van der Waals surface area (Å²) in [7, 11) is 1.63. The Labute approximate surface area is 106 Å². The van der Waals surface area contributed by atoms with Crippen LogP contribution in [0.25, 0.3) is 0 Å². The first kappa shape index (κ1) is 12.4. The molecule has 0 aliphatic heterocycles. The number of rotatable bonds is 5. The molecule has 4 nitrogen and oxygen atoms in total. The SMILES string of the molecule is COc1ccc(C(CC(C)=O)c2ncc[nH]2)cc1. The number of Topliss-reactive ketones (excluding diaryl/α,β-unsaturated/α-hetero) is 1. The molecule has 1 atom stereocenters. The van der Waals surface area contributed by atoms with Gasteiger partial charge >= 0.3 is 0 Å². The van der Waals surface area contributed by atoms with Gasteiger partial charge in [-0.15, -0.1) is 0 Å². The minimum atomic E-state index is -0.0246. The molecule has 1 N–H and O–H groups in total. The van der Waals surface area contributed by atoms with Gasteiger partial charge in [0.25, 0.3) is 0 Å². The molecule has 4 heteroatoms. The zero-order valence-corrected chi connectivity index (χ0v) is 10.5. The van der Waals surface area contributed by atoms with Gasteiger partial charge in [-0.3, -0.25) is 4.79 Å². The summed E-state index contributed by atoms with van der Waals surface area (Å²) < 4.78 is 5.13. The van der Waals surface area contributed by atoms with E-state index in [-0.39, 0.29) is 11.7 Å². The summed E-state index contributed by atoms with van der Waals surface area (Å²) in [6, 6.07) is 7.72. The molecule has 0 bridgehead atoms. The average molecular weight is 244 g/mol. The van der Waals surface area contributed by atoms with Crippen molar-refractivity contribution in [2.75, 3.05) is 7.11 Å². The van der Waals surface area contributed by atoms with Crippen LogP contribution in [0.5, 0.6) is 5.75 Å². The predicted molar refractivity (Wildman–Crippen MR) is 68.7 cm³/mol. The largest absolute Gasteiger partial charge is 0.497 e. The van der Waals surface area contributed by atoms with Gasteiger partial charge in [0.1, 0.15) is 17.4 Å². The quantitative estimate of drug-likeness (QED) is 0.879. The number of ether oxygens (including phenoxy) is 1. The number of nitrogens with zero attached hydrogens (tertiary/aromatic N) is 1. The molecule has 94 valence electrons. The van der Waals surface area contributed by atoms with E-state index >= 15 is 0 Å². The lowest BCUT2D eigenvalue weighted by Crippen LogP contribution is -2.08. The molecule has 0 aliphatic rings. The van der Waals surface area contributed by atoms with Crippen molar-refractivity contribution in [3.05, 3.63) is 48.0 Å². The lowest BCUT2D eigenvalue weighted by Gasteiger charge is -2.14. The Balaban J connectivity index is 2.30. The highest BCUT2D eigenvalue weighted by molar-refractivity contribution is 5.76. The maximum Gasteiger partial charge on any atom is 0.130 e. The van der Waals surface area contributed by atoms with Crippen LogP contribution in [0.3, 0.4) is 0 Å². The maximum atomic E-state index is 11.4. The second-order valence-corrected chi connectivity index (χ2v) is 4.21. The maximum absolute atomic E-state index is 11.4. The molecule has 1 heterocycles. The Bertz CT molecular complexity index is 503. The Morgan fingerprint density at radius 1 is 1.39 bits per heavy atom. The number of hydrogen-bond donors (Lipinski definition) is 1. The molecule has 2 aromatic rings. The number of aromatic amines is 1. The van der Waals surface area contributed by atoms with Crippen molar-refractivity contribution < 1.29 is 9.53 Å². The van der Waals surface area contributed by atoms with E-state index < -0.39 is 0 Å². The number of hydrogen-bond acceptors (Lipinski definition) is 3. The van der Waals surface area contributed by atoms with Crippen LogP contribution in [0.1, 0.15) is 30.7 Å². The highest BCUT2D eigenvalue weighted by Gasteiger charge is 2.18. The summed E-state index contributed by atoms with van der Waals surface area (Å²) >= 11 is 0. The molecule has 1 aromatic heterocycles. The zero-order chi connectivity index (χ0) is 13.0. The van der Waals surface area contributed by atoms with Crippen LogP contribution in [0.4, 0.5) is 0 Å². The van der Waals surface area contributed by atoms with Crippen molar-refractivity contribution in [2.45, 2.75) is 19.3 Å². The first-order chi connectivity index (χ1) is 8.70. The molecule has 1 aromatic carbocycles. The van der Waals surface area contributed by atoms with Crippen LogP contribution in [-0.2, 0) is 4.79 Å². The van der Waals surface area contributed by atoms with E-state index in [2.05, 4.69) is 9.97 Å². The normalized spacial score (nSPS) is 12.1. The summed E-state index contributed by atoms with van der Waals surface area (Å²) in [5.74, 6) is 1.74. The van der Waals surface area contributed by atoms with E-state index in [1.54, 1.807) is 26.4 Å². The molecular weight excluding hydrogens is 228 g/mol. The number of carbonyl (C=O) groups is 1. The lowest BCUT2D eigenvalue weighted by atomic mass is 9.93. The van der Waals surface area contributed by atoms with Crippen molar-refractivity contribution in [3.63, 3.8) is 0 Å². The molecule has 2 rings (SSSR count). The molecule has 0 spiro atoms. The van der Waals surface area contributed by atoms with E-state index in [4.69, 9.17) is 4.74 Å². The Hall–Kier alpha value is -2.10. The summed E-state index contributed by atoms with van der Waals surface area (Å²) in [6.07, 6.45) is 3.91. The van der Waals surface area contributed by atoms with Crippen molar-refractivity contribution in [1.29, 1.82) is 0 Å². The highest BCUT2D eigenvalue weighted by atomic mass is 16.5.